The number of rotatable bonds is 2. The Bertz CT molecular complexity index is 317. The summed E-state index contributed by atoms with van der Waals surface area (Å²) < 4.78 is 29.7. The number of nitrogens with one attached hydrogen (secondary N) is 1. The second-order valence-corrected chi connectivity index (χ2v) is 6.42. The van der Waals surface area contributed by atoms with Gasteiger partial charge < -0.3 is 4.30 Å². The summed E-state index contributed by atoms with van der Waals surface area (Å²) in [5, 5.41) is 0. The first-order chi connectivity index (χ1) is 9.03. The summed E-state index contributed by atoms with van der Waals surface area (Å²) in [4.78, 5) is 11.9. The molecular weight excluding hydrogens is 263 g/mol. The molecule has 2 radical (unpaired) electrons. The molecule has 0 saturated heterocycles. The third-order valence-electron chi connectivity index (χ3n) is 4.86. The minimum Gasteiger partial charge on any atom is -0.463 e. The fraction of sp³-hybridized carbons (Fsp3) is 0.929. The first-order valence-corrected chi connectivity index (χ1v) is 7.99. The van der Waals surface area contributed by atoms with Gasteiger partial charge in [-0.15, -0.1) is 0 Å². The van der Waals surface area contributed by atoms with Gasteiger partial charge >= 0.3 is 16.5 Å². The Morgan fingerprint density at radius 3 is 2.32 bits per heavy atom. The van der Waals surface area contributed by atoms with Crippen molar-refractivity contribution in [2.45, 2.75) is 63.7 Å². The Hall–Kier alpha value is -0.138. The Balaban J connectivity index is 2.09. The van der Waals surface area contributed by atoms with Crippen LogP contribution in [0.1, 0.15) is 57.8 Å². The van der Waals surface area contributed by atoms with Crippen LogP contribution < -0.4 is 4.30 Å². The van der Waals surface area contributed by atoms with E-state index < -0.39 is 11.8 Å². The quantitative estimate of drug-likeness (QED) is 0.612. The van der Waals surface area contributed by atoms with Gasteiger partial charge in [0.1, 0.15) is 0 Å². The molecule has 0 aliphatic heterocycles. The van der Waals surface area contributed by atoms with E-state index in [2.05, 4.69) is 20.8 Å². The molecule has 2 aliphatic rings. The highest BCUT2D eigenvalue weighted by Gasteiger charge is 2.46. The Morgan fingerprint density at radius 2 is 1.74 bits per heavy atom. The molecule has 0 aromatic heterocycles. The number of hydrogen-bond acceptors (Lipinski definition) is 1. The van der Waals surface area contributed by atoms with Gasteiger partial charge in [-0.05, 0) is 18.3 Å². The molecule has 2 nitrogen and oxygen atoms in total. The van der Waals surface area contributed by atoms with Gasteiger partial charge in [0.05, 0.1) is 0 Å². The van der Waals surface area contributed by atoms with Gasteiger partial charge in [0.25, 0.3) is 0 Å². The Kier molecular flexibility index (Phi) is 5.25. The standard InChI is InChI=1S/C14H23F2NO.Al/c15-14(16)8-7-11(12(9-14)13(17)18)10-5-3-1-2-4-6-10;/h10-12H,1-9H2,(H2,17,18);/q;+1/p-1/t11?,12-;/m0./s1. The summed E-state index contributed by atoms with van der Waals surface area (Å²) in [7, 11) is 0. The highest BCUT2D eigenvalue weighted by molar-refractivity contribution is 6.14. The van der Waals surface area contributed by atoms with Crippen LogP contribution >= 0.6 is 0 Å². The van der Waals surface area contributed by atoms with Crippen LogP contribution in [-0.2, 0) is 4.79 Å². The largest absolute Gasteiger partial charge is 0.463 e. The number of amides is 1. The number of carbonyl (C=O) groups excluding carboxylic acids is 1. The zero-order valence-corrected chi connectivity index (χ0v) is 12.5. The van der Waals surface area contributed by atoms with Crippen LogP contribution in [0.25, 0.3) is 0 Å². The van der Waals surface area contributed by atoms with E-state index in [-0.39, 0.29) is 24.7 Å². The molecule has 1 unspecified atom stereocenters. The molecule has 0 aromatic carbocycles. The molecule has 2 rings (SSSR count). The fourth-order valence-corrected chi connectivity index (χ4v) is 4.07. The van der Waals surface area contributed by atoms with Crippen LogP contribution in [-0.4, -0.2) is 28.3 Å². The van der Waals surface area contributed by atoms with Crippen molar-refractivity contribution in [2.24, 2.45) is 17.8 Å². The van der Waals surface area contributed by atoms with Crippen molar-refractivity contribution in [1.29, 1.82) is 0 Å². The summed E-state index contributed by atoms with van der Waals surface area (Å²) in [6, 6.07) is 0. The van der Waals surface area contributed by atoms with Gasteiger partial charge in [0, 0.05) is 18.8 Å². The predicted octanol–water partition coefficient (Wildman–Crippen LogP) is 3.21. The second-order valence-electron chi connectivity index (χ2n) is 6.13. The van der Waals surface area contributed by atoms with Gasteiger partial charge in [-0.3, -0.25) is 4.79 Å². The molecule has 1 N–H and O–H groups in total. The van der Waals surface area contributed by atoms with Crippen molar-refractivity contribution in [3.05, 3.63) is 0 Å². The second kappa shape index (κ2) is 6.54. The summed E-state index contributed by atoms with van der Waals surface area (Å²) in [6.07, 6.45) is 7.27. The van der Waals surface area contributed by atoms with Crippen LogP contribution in [0, 0.1) is 17.8 Å². The lowest BCUT2D eigenvalue weighted by Gasteiger charge is -2.39. The van der Waals surface area contributed by atoms with E-state index >= 15 is 0 Å². The molecule has 5 heteroatoms. The van der Waals surface area contributed by atoms with Crippen LogP contribution in [0.15, 0.2) is 0 Å². The van der Waals surface area contributed by atoms with Gasteiger partial charge in [-0.2, -0.15) is 0 Å². The molecule has 106 valence electrons. The van der Waals surface area contributed by atoms with E-state index in [0.29, 0.717) is 12.3 Å². The zero-order chi connectivity index (χ0) is 13.9. The fourth-order valence-electron chi connectivity index (χ4n) is 3.85. The third-order valence-corrected chi connectivity index (χ3v) is 5.15. The molecule has 2 aliphatic carbocycles. The molecule has 0 spiro atoms. The molecule has 2 saturated carbocycles. The highest BCUT2D eigenvalue weighted by Crippen LogP contribution is 2.46. The normalized spacial score (nSPS) is 32.5. The molecule has 19 heavy (non-hydrogen) atoms. The van der Waals surface area contributed by atoms with Crippen molar-refractivity contribution >= 4 is 22.4 Å². The smallest absolute Gasteiger partial charge is 0.310 e. The lowest BCUT2D eigenvalue weighted by atomic mass is 9.69. The third kappa shape index (κ3) is 3.92. The van der Waals surface area contributed by atoms with Gasteiger partial charge in [-0.25, -0.2) is 8.78 Å². The number of carbonyl (C=O) groups is 1. The first kappa shape index (κ1) is 15.3. The molecule has 0 heterocycles. The minimum atomic E-state index is -2.66. The van der Waals surface area contributed by atoms with Crippen LogP contribution in [0.3, 0.4) is 0 Å². The maximum Gasteiger partial charge on any atom is 0.310 e. The van der Waals surface area contributed by atoms with E-state index in [0.717, 1.165) is 12.8 Å². The average molecular weight is 285 g/mol. The minimum absolute atomic E-state index is 0.0468. The van der Waals surface area contributed by atoms with Crippen LogP contribution in [0.2, 0.25) is 0 Å². The maximum absolute atomic E-state index is 13.6. The van der Waals surface area contributed by atoms with Crippen LogP contribution in [0.5, 0.6) is 0 Å². The van der Waals surface area contributed by atoms with Crippen LogP contribution in [0.4, 0.5) is 8.78 Å². The summed E-state index contributed by atoms with van der Waals surface area (Å²) in [6.45, 7) is 0. The average Bonchev–Trinajstić information content (AvgIpc) is 2.65. The number of hydrogen-bond donors (Lipinski definition) is 1. The van der Waals surface area contributed by atoms with Crippen molar-refractivity contribution in [2.75, 3.05) is 0 Å². The van der Waals surface area contributed by atoms with Gasteiger partial charge in [0.15, 0.2) is 5.91 Å². The van der Waals surface area contributed by atoms with Crippen molar-refractivity contribution < 1.29 is 13.6 Å². The van der Waals surface area contributed by atoms with E-state index in [1.807, 2.05) is 0 Å². The monoisotopic (exact) mass is 285 g/mol. The lowest BCUT2D eigenvalue weighted by molar-refractivity contribution is -0.137. The van der Waals surface area contributed by atoms with Gasteiger partial charge in [-0.1, -0.05) is 38.5 Å². The molecule has 2 fully saturated rings. The van der Waals surface area contributed by atoms with E-state index in [1.165, 1.54) is 25.7 Å². The van der Waals surface area contributed by atoms with Crippen molar-refractivity contribution in [1.82, 2.24) is 4.30 Å². The predicted molar refractivity (Wildman–Crippen MR) is 70.9 cm³/mol. The van der Waals surface area contributed by atoms with Crippen molar-refractivity contribution in [3.8, 4) is 0 Å². The Morgan fingerprint density at radius 1 is 1.11 bits per heavy atom. The SMILES string of the molecule is O=C([NH][Al])[C@H]1CC(F)(F)CCC1C1CCCCCC1. The first-order valence-electron chi connectivity index (χ1n) is 7.42. The molecule has 1 amide bonds. The lowest BCUT2D eigenvalue weighted by Crippen LogP contribution is -2.44. The topological polar surface area (TPSA) is 29.1 Å². The molecule has 2 atom stereocenters. The van der Waals surface area contributed by atoms with E-state index in [1.54, 1.807) is 0 Å². The summed E-state index contributed by atoms with van der Waals surface area (Å²) >= 11 is 2.16. The maximum atomic E-state index is 13.6. The summed E-state index contributed by atoms with van der Waals surface area (Å²) in [5.41, 5.74) is 0. The molecular formula is C14H22AlF2NO. The zero-order valence-electron chi connectivity index (χ0n) is 11.3. The number of halogens is 2. The molecule has 0 aromatic rings. The number of alkyl halides is 2. The van der Waals surface area contributed by atoms with Crippen molar-refractivity contribution in [3.63, 3.8) is 0 Å². The highest BCUT2D eigenvalue weighted by atomic mass is 27.1. The van der Waals surface area contributed by atoms with E-state index in [4.69, 9.17) is 0 Å². The summed E-state index contributed by atoms with van der Waals surface area (Å²) in [5.74, 6) is -2.78. The van der Waals surface area contributed by atoms with E-state index in [9.17, 15) is 13.6 Å². The molecule has 0 bridgehead atoms. The Labute approximate surface area is 122 Å². The van der Waals surface area contributed by atoms with Gasteiger partial charge in [0.2, 0.25) is 5.92 Å².